The summed E-state index contributed by atoms with van der Waals surface area (Å²) < 4.78 is 1.94. The Morgan fingerprint density at radius 2 is 2.00 bits per heavy atom. The van der Waals surface area contributed by atoms with E-state index in [4.69, 9.17) is 0 Å². The van der Waals surface area contributed by atoms with Gasteiger partial charge >= 0.3 is 0 Å². The minimum atomic E-state index is 0.154. The van der Waals surface area contributed by atoms with E-state index in [-0.39, 0.29) is 5.91 Å². The van der Waals surface area contributed by atoms with Crippen molar-refractivity contribution in [3.63, 3.8) is 0 Å². The van der Waals surface area contributed by atoms with Crippen LogP contribution in [0.15, 0.2) is 18.5 Å². The first-order valence-electron chi connectivity index (χ1n) is 7.57. The summed E-state index contributed by atoms with van der Waals surface area (Å²) in [4.78, 5) is 20.1. The lowest BCUT2D eigenvalue weighted by Crippen LogP contribution is -2.48. The molecular weight excluding hydrogens is 266 g/mol. The Labute approximate surface area is 123 Å². The van der Waals surface area contributed by atoms with E-state index in [0.29, 0.717) is 5.92 Å². The zero-order chi connectivity index (χ0) is 14.4. The minimum Gasteiger partial charge on any atom is -0.351 e. The highest BCUT2D eigenvalue weighted by Crippen LogP contribution is 2.40. The van der Waals surface area contributed by atoms with Crippen LogP contribution in [0.5, 0.6) is 0 Å². The van der Waals surface area contributed by atoms with E-state index in [0.717, 1.165) is 37.5 Å². The zero-order valence-electron chi connectivity index (χ0n) is 12.2. The topological polar surface area (TPSA) is 53.7 Å². The summed E-state index contributed by atoms with van der Waals surface area (Å²) in [6.07, 6.45) is 6.23. The van der Waals surface area contributed by atoms with Gasteiger partial charge in [0.05, 0.1) is 5.69 Å². The first-order valence-corrected chi connectivity index (χ1v) is 7.57. The lowest BCUT2D eigenvalue weighted by Gasteiger charge is -2.35. The first kappa shape index (κ1) is 12.6. The molecule has 0 bridgehead atoms. The molecule has 0 radical (unpaired) electrons. The Bertz CT molecular complexity index is 682. The molecule has 1 aliphatic heterocycles. The van der Waals surface area contributed by atoms with Crippen molar-refractivity contribution in [1.82, 2.24) is 19.5 Å². The first-order chi connectivity index (χ1) is 10.2. The normalized spacial score (nSPS) is 19.3. The highest BCUT2D eigenvalue weighted by molar-refractivity contribution is 5.74. The van der Waals surface area contributed by atoms with Crippen molar-refractivity contribution in [2.24, 2.45) is 0 Å². The molecule has 1 saturated carbocycles. The van der Waals surface area contributed by atoms with Crippen LogP contribution >= 0.6 is 0 Å². The van der Waals surface area contributed by atoms with Crippen molar-refractivity contribution in [1.29, 1.82) is 0 Å². The lowest BCUT2D eigenvalue weighted by atomic mass is 10.2. The standard InChI is InChI=1S/C15H19N5O/c1-11(21)18-6-8-19(9-7-18)15-14-10-13(12-2-3-12)17-20(14)5-4-16-15/h4-5,10,12H,2-3,6-9H2,1H3. The molecule has 2 aromatic heterocycles. The minimum absolute atomic E-state index is 0.154. The quantitative estimate of drug-likeness (QED) is 0.834. The summed E-state index contributed by atoms with van der Waals surface area (Å²) in [6.45, 7) is 4.82. The third-order valence-electron chi connectivity index (χ3n) is 4.41. The zero-order valence-corrected chi connectivity index (χ0v) is 12.2. The molecule has 6 heteroatoms. The van der Waals surface area contributed by atoms with Gasteiger partial charge in [0, 0.05) is 51.4 Å². The molecule has 0 aromatic carbocycles. The summed E-state index contributed by atoms with van der Waals surface area (Å²) in [7, 11) is 0. The molecule has 3 heterocycles. The van der Waals surface area contributed by atoms with E-state index in [2.05, 4.69) is 21.0 Å². The third kappa shape index (κ3) is 2.24. The summed E-state index contributed by atoms with van der Waals surface area (Å²) in [5.41, 5.74) is 2.27. The average Bonchev–Trinajstić information content (AvgIpc) is 3.26. The van der Waals surface area contributed by atoms with E-state index < -0.39 is 0 Å². The Kier molecular flexibility index (Phi) is 2.83. The maximum atomic E-state index is 11.4. The van der Waals surface area contributed by atoms with Gasteiger partial charge < -0.3 is 9.80 Å². The molecule has 0 unspecified atom stereocenters. The molecule has 2 aliphatic rings. The van der Waals surface area contributed by atoms with Crippen molar-refractivity contribution in [2.45, 2.75) is 25.7 Å². The van der Waals surface area contributed by atoms with E-state index in [1.807, 2.05) is 21.8 Å². The number of hydrogen-bond acceptors (Lipinski definition) is 4. The van der Waals surface area contributed by atoms with Crippen LogP contribution < -0.4 is 4.90 Å². The van der Waals surface area contributed by atoms with Gasteiger partial charge in [-0.15, -0.1) is 0 Å². The van der Waals surface area contributed by atoms with Crippen LogP contribution in [0.1, 0.15) is 31.4 Å². The lowest BCUT2D eigenvalue weighted by molar-refractivity contribution is -0.129. The number of carbonyl (C=O) groups is 1. The number of aromatic nitrogens is 3. The summed E-state index contributed by atoms with van der Waals surface area (Å²) in [5.74, 6) is 1.79. The van der Waals surface area contributed by atoms with Crippen LogP contribution in [0.2, 0.25) is 0 Å². The van der Waals surface area contributed by atoms with Gasteiger partial charge in [-0.1, -0.05) is 0 Å². The molecule has 21 heavy (non-hydrogen) atoms. The molecule has 1 saturated heterocycles. The highest BCUT2D eigenvalue weighted by Gasteiger charge is 2.28. The molecule has 4 rings (SSSR count). The Morgan fingerprint density at radius 1 is 1.24 bits per heavy atom. The Balaban J connectivity index is 1.62. The Morgan fingerprint density at radius 3 is 2.67 bits per heavy atom. The van der Waals surface area contributed by atoms with E-state index in [1.54, 1.807) is 6.92 Å². The number of piperazine rings is 1. The molecule has 0 N–H and O–H groups in total. The van der Waals surface area contributed by atoms with Crippen LogP contribution in [-0.4, -0.2) is 51.6 Å². The number of carbonyl (C=O) groups excluding carboxylic acids is 1. The summed E-state index contributed by atoms with van der Waals surface area (Å²) >= 11 is 0. The van der Waals surface area contributed by atoms with Crippen molar-refractivity contribution in [2.75, 3.05) is 31.1 Å². The van der Waals surface area contributed by atoms with Crippen molar-refractivity contribution < 1.29 is 4.79 Å². The summed E-state index contributed by atoms with van der Waals surface area (Å²) in [5, 5.41) is 4.66. The van der Waals surface area contributed by atoms with Crippen molar-refractivity contribution in [3.8, 4) is 0 Å². The monoisotopic (exact) mass is 285 g/mol. The average molecular weight is 285 g/mol. The predicted molar refractivity (Wildman–Crippen MR) is 79.4 cm³/mol. The van der Waals surface area contributed by atoms with E-state index in [9.17, 15) is 4.79 Å². The maximum absolute atomic E-state index is 11.4. The molecule has 1 aliphatic carbocycles. The van der Waals surface area contributed by atoms with E-state index >= 15 is 0 Å². The Hall–Kier alpha value is -2.11. The second kappa shape index (κ2) is 4.72. The molecule has 0 spiro atoms. The largest absolute Gasteiger partial charge is 0.351 e. The van der Waals surface area contributed by atoms with Crippen LogP contribution in [0.25, 0.3) is 5.52 Å². The molecule has 1 amide bonds. The van der Waals surface area contributed by atoms with Gasteiger partial charge in [-0.25, -0.2) is 9.50 Å². The van der Waals surface area contributed by atoms with Crippen LogP contribution in [0.4, 0.5) is 5.82 Å². The third-order valence-corrected chi connectivity index (χ3v) is 4.41. The fraction of sp³-hybridized carbons (Fsp3) is 0.533. The number of fused-ring (bicyclic) bond motifs is 1. The fourth-order valence-electron chi connectivity index (χ4n) is 2.98. The number of amides is 1. The van der Waals surface area contributed by atoms with Crippen LogP contribution in [0.3, 0.4) is 0 Å². The van der Waals surface area contributed by atoms with Gasteiger partial charge in [-0.2, -0.15) is 5.10 Å². The maximum Gasteiger partial charge on any atom is 0.219 e. The summed E-state index contributed by atoms with van der Waals surface area (Å²) in [6, 6.07) is 2.18. The molecular formula is C15H19N5O. The van der Waals surface area contributed by atoms with Gasteiger partial charge in [0.1, 0.15) is 5.52 Å². The SMILES string of the molecule is CC(=O)N1CCN(c2nccn3nc(C4CC4)cc23)CC1. The van der Waals surface area contributed by atoms with Gasteiger partial charge in [0.15, 0.2) is 5.82 Å². The molecule has 6 nitrogen and oxygen atoms in total. The molecule has 2 fully saturated rings. The van der Waals surface area contributed by atoms with Crippen LogP contribution in [-0.2, 0) is 4.79 Å². The second-order valence-corrected chi connectivity index (χ2v) is 5.92. The van der Waals surface area contributed by atoms with Crippen molar-refractivity contribution in [3.05, 3.63) is 24.2 Å². The fourth-order valence-corrected chi connectivity index (χ4v) is 2.98. The van der Waals surface area contributed by atoms with Gasteiger partial charge in [0.2, 0.25) is 5.91 Å². The van der Waals surface area contributed by atoms with E-state index in [1.165, 1.54) is 18.5 Å². The number of hydrogen-bond donors (Lipinski definition) is 0. The molecule has 2 aromatic rings. The van der Waals surface area contributed by atoms with Gasteiger partial charge in [-0.3, -0.25) is 4.79 Å². The number of nitrogens with zero attached hydrogens (tertiary/aromatic N) is 5. The predicted octanol–water partition coefficient (Wildman–Crippen LogP) is 1.28. The van der Waals surface area contributed by atoms with Crippen molar-refractivity contribution >= 4 is 17.2 Å². The van der Waals surface area contributed by atoms with Gasteiger partial charge in [-0.05, 0) is 18.9 Å². The molecule has 110 valence electrons. The second-order valence-electron chi connectivity index (χ2n) is 5.92. The van der Waals surface area contributed by atoms with Crippen LogP contribution in [0, 0.1) is 0 Å². The van der Waals surface area contributed by atoms with Gasteiger partial charge in [0.25, 0.3) is 0 Å². The number of rotatable bonds is 2. The number of anilines is 1. The molecule has 0 atom stereocenters. The highest BCUT2D eigenvalue weighted by atomic mass is 16.2. The smallest absolute Gasteiger partial charge is 0.219 e.